The van der Waals surface area contributed by atoms with Crippen molar-refractivity contribution in [1.82, 2.24) is 9.88 Å². The van der Waals surface area contributed by atoms with Gasteiger partial charge in [-0.15, -0.1) is 11.3 Å². The van der Waals surface area contributed by atoms with Gasteiger partial charge in [-0.2, -0.15) is 0 Å². The Morgan fingerprint density at radius 2 is 1.58 bits per heavy atom. The Morgan fingerprint density at radius 1 is 1.03 bits per heavy atom. The molecule has 170 valence electrons. The third-order valence-electron chi connectivity index (χ3n) is 4.40. The second-order valence-electron chi connectivity index (χ2n) is 6.70. The van der Waals surface area contributed by atoms with Crippen molar-refractivity contribution in [3.05, 3.63) is 41.4 Å². The Bertz CT molecular complexity index is 834. The predicted molar refractivity (Wildman–Crippen MR) is 108 cm³/mol. The highest BCUT2D eigenvalue weighted by atomic mass is 32.1. The molecule has 0 saturated heterocycles. The van der Waals surface area contributed by atoms with Crippen LogP contribution in [0.4, 0.5) is 0 Å². The van der Waals surface area contributed by atoms with E-state index in [2.05, 4.69) is 48.4 Å². The van der Waals surface area contributed by atoms with Gasteiger partial charge in [-0.05, 0) is 13.1 Å². The van der Waals surface area contributed by atoms with Gasteiger partial charge in [0.15, 0.2) is 0 Å². The Hall–Kier alpha value is -2.82. The van der Waals surface area contributed by atoms with E-state index in [-0.39, 0.29) is 0 Å². The predicted octanol–water partition coefficient (Wildman–Crippen LogP) is -1.56. The number of aliphatic hydroxyl groups is 1. The van der Waals surface area contributed by atoms with Crippen LogP contribution >= 0.6 is 11.3 Å². The standard InChI is InChI=1S/C15H20N2S.C6H8O7/c1-3-17(4-2)11-10-14-12-18-15(16-14)13-8-6-5-7-9-13;7-3(8)1-6(13,5(11)12)2-4(9)10/h5-9,12H,3-4,10-11H2,1-2H3;13H,1-2H2,(H,7,8)(H,9,10)(H,11,12)/p-3. The van der Waals surface area contributed by atoms with Crippen LogP contribution in [0.5, 0.6) is 0 Å². The van der Waals surface area contributed by atoms with Crippen LogP contribution < -0.4 is 15.3 Å². The monoisotopic (exact) mass is 449 g/mol. The van der Waals surface area contributed by atoms with E-state index < -0.39 is 36.4 Å². The zero-order valence-corrected chi connectivity index (χ0v) is 18.2. The summed E-state index contributed by atoms with van der Waals surface area (Å²) in [6, 6.07) is 10.4. The number of hydrogen-bond donors (Lipinski definition) is 1. The smallest absolute Gasteiger partial charge is 0.123 e. The summed E-state index contributed by atoms with van der Waals surface area (Å²) >= 11 is 1.74. The summed E-state index contributed by atoms with van der Waals surface area (Å²) in [6.07, 6.45) is -1.67. The molecule has 1 N–H and O–H groups in total. The molecule has 1 heterocycles. The molecule has 0 aliphatic rings. The number of carbonyl (C=O) groups is 3. The fourth-order valence-corrected chi connectivity index (χ4v) is 3.49. The number of thiazole rings is 1. The number of aliphatic carboxylic acids is 3. The highest BCUT2D eigenvalue weighted by Crippen LogP contribution is 2.23. The number of nitrogens with zero attached hydrogens (tertiary/aromatic N) is 2. The molecular weight excluding hydrogens is 424 g/mol. The first-order valence-corrected chi connectivity index (χ1v) is 10.5. The van der Waals surface area contributed by atoms with E-state index >= 15 is 0 Å². The quantitative estimate of drug-likeness (QED) is 0.428. The molecule has 0 spiro atoms. The lowest BCUT2D eigenvalue weighted by Crippen LogP contribution is -2.54. The largest absolute Gasteiger partial charge is 0.550 e. The number of carbonyl (C=O) groups excluding carboxylic acids is 3. The van der Waals surface area contributed by atoms with Gasteiger partial charge in [0, 0.05) is 48.7 Å². The van der Waals surface area contributed by atoms with Crippen molar-refractivity contribution in [3.63, 3.8) is 0 Å². The van der Waals surface area contributed by atoms with Crippen molar-refractivity contribution in [1.29, 1.82) is 0 Å². The first-order chi connectivity index (χ1) is 14.6. The van der Waals surface area contributed by atoms with Crippen molar-refractivity contribution in [3.8, 4) is 10.6 Å². The topological polar surface area (TPSA) is 157 Å². The molecule has 0 unspecified atom stereocenters. The minimum atomic E-state index is -2.97. The van der Waals surface area contributed by atoms with Gasteiger partial charge in [0.25, 0.3) is 0 Å². The van der Waals surface area contributed by atoms with Crippen LogP contribution in [0.15, 0.2) is 35.7 Å². The summed E-state index contributed by atoms with van der Waals surface area (Å²) < 4.78 is 0. The number of carboxylic acids is 3. The van der Waals surface area contributed by atoms with Gasteiger partial charge in [0.1, 0.15) is 10.6 Å². The molecule has 0 atom stereocenters. The third kappa shape index (κ3) is 9.24. The van der Waals surface area contributed by atoms with Crippen LogP contribution in [0.2, 0.25) is 0 Å². The van der Waals surface area contributed by atoms with Crippen LogP contribution in [0.1, 0.15) is 32.4 Å². The Kier molecular flexibility index (Phi) is 10.8. The molecule has 9 nitrogen and oxygen atoms in total. The molecule has 0 aliphatic heterocycles. The molecule has 0 saturated carbocycles. The van der Waals surface area contributed by atoms with Gasteiger partial charge in [0.2, 0.25) is 0 Å². The van der Waals surface area contributed by atoms with Crippen molar-refractivity contribution < 1.29 is 34.8 Å². The summed E-state index contributed by atoms with van der Waals surface area (Å²) in [4.78, 5) is 37.1. The highest BCUT2D eigenvalue weighted by Gasteiger charge is 2.29. The summed E-state index contributed by atoms with van der Waals surface area (Å²) in [6.45, 7) is 7.75. The van der Waals surface area contributed by atoms with Gasteiger partial charge < -0.3 is 39.7 Å². The van der Waals surface area contributed by atoms with E-state index in [0.29, 0.717) is 0 Å². The zero-order valence-electron chi connectivity index (χ0n) is 17.4. The molecule has 0 aliphatic carbocycles. The van der Waals surface area contributed by atoms with Gasteiger partial charge in [-0.1, -0.05) is 44.2 Å². The maximum absolute atomic E-state index is 10.1. The van der Waals surface area contributed by atoms with E-state index in [1.807, 2.05) is 6.07 Å². The summed E-state index contributed by atoms with van der Waals surface area (Å²) in [5.41, 5.74) is -0.542. The lowest BCUT2D eigenvalue weighted by atomic mass is 9.96. The molecule has 10 heteroatoms. The minimum absolute atomic E-state index is 1.05. The molecule has 2 rings (SSSR count). The molecule has 31 heavy (non-hydrogen) atoms. The van der Waals surface area contributed by atoms with Crippen LogP contribution in [0.25, 0.3) is 10.6 Å². The number of rotatable bonds is 11. The first-order valence-electron chi connectivity index (χ1n) is 9.67. The molecule has 0 amide bonds. The molecule has 0 bridgehead atoms. The number of likely N-dealkylation sites (N-methyl/N-ethyl adjacent to an activating group) is 1. The molecule has 1 aromatic heterocycles. The van der Waals surface area contributed by atoms with E-state index in [0.717, 1.165) is 31.1 Å². The Morgan fingerprint density at radius 3 is 2.03 bits per heavy atom. The fourth-order valence-electron chi connectivity index (χ4n) is 2.63. The zero-order chi connectivity index (χ0) is 23.4. The van der Waals surface area contributed by atoms with Crippen molar-refractivity contribution in [2.45, 2.75) is 38.7 Å². The lowest BCUT2D eigenvalue weighted by Gasteiger charge is -2.29. The van der Waals surface area contributed by atoms with Crippen LogP contribution in [0.3, 0.4) is 0 Å². The van der Waals surface area contributed by atoms with E-state index in [1.165, 1.54) is 11.3 Å². The molecular formula is C21H25N2O7S-3. The van der Waals surface area contributed by atoms with Gasteiger partial charge >= 0.3 is 0 Å². The second-order valence-corrected chi connectivity index (χ2v) is 7.56. The lowest BCUT2D eigenvalue weighted by molar-refractivity contribution is -0.339. The van der Waals surface area contributed by atoms with Crippen molar-refractivity contribution >= 4 is 29.2 Å². The third-order valence-corrected chi connectivity index (χ3v) is 5.34. The van der Waals surface area contributed by atoms with Crippen molar-refractivity contribution in [2.75, 3.05) is 19.6 Å². The average Bonchev–Trinajstić information content (AvgIpc) is 3.18. The van der Waals surface area contributed by atoms with Gasteiger partial charge in [-0.25, -0.2) is 4.98 Å². The normalized spacial score (nSPS) is 11.0. The number of benzene rings is 1. The molecule has 1 aromatic carbocycles. The highest BCUT2D eigenvalue weighted by molar-refractivity contribution is 7.13. The Balaban J connectivity index is 0.000000330. The molecule has 2 aromatic rings. The molecule has 0 radical (unpaired) electrons. The SMILES string of the molecule is CCN(CC)CCc1csc(-c2ccccc2)n1.O=C([O-])CC(O)(CC(=O)[O-])C(=O)[O-]. The van der Waals surface area contributed by atoms with E-state index in [9.17, 15) is 29.7 Å². The second kappa shape index (κ2) is 12.8. The Labute approximate surface area is 184 Å². The first kappa shape index (κ1) is 26.2. The average molecular weight is 450 g/mol. The van der Waals surface area contributed by atoms with Crippen LogP contribution in [-0.2, 0) is 20.8 Å². The summed E-state index contributed by atoms with van der Waals surface area (Å²) in [5, 5.41) is 42.2. The fraction of sp³-hybridized carbons (Fsp3) is 0.429. The molecule has 0 fully saturated rings. The number of aromatic nitrogens is 1. The van der Waals surface area contributed by atoms with Crippen molar-refractivity contribution in [2.24, 2.45) is 0 Å². The van der Waals surface area contributed by atoms with Crippen LogP contribution in [0, 0.1) is 0 Å². The van der Waals surface area contributed by atoms with Gasteiger partial charge in [0.05, 0.1) is 11.7 Å². The summed E-state index contributed by atoms with van der Waals surface area (Å²) in [5.74, 6) is -5.98. The van der Waals surface area contributed by atoms with Crippen LogP contribution in [-0.4, -0.2) is 58.1 Å². The number of hydrogen-bond acceptors (Lipinski definition) is 10. The van der Waals surface area contributed by atoms with E-state index in [1.54, 1.807) is 11.3 Å². The summed E-state index contributed by atoms with van der Waals surface area (Å²) in [7, 11) is 0. The maximum atomic E-state index is 10.1. The maximum Gasteiger partial charge on any atom is 0.123 e. The van der Waals surface area contributed by atoms with Gasteiger partial charge in [-0.3, -0.25) is 0 Å². The number of carboxylic acid groups (broad SMARTS) is 3. The van der Waals surface area contributed by atoms with E-state index in [4.69, 9.17) is 10.1 Å². The minimum Gasteiger partial charge on any atom is -0.550 e.